The first-order chi connectivity index (χ1) is 9.60. The molecule has 0 amide bonds. The standard InChI is InChI=1S/C15H18BrNO2S/c1-9-5-6-14(20-9)15(17-2)10-7-13(19-4)11(16)8-12(10)18-3/h5-8,15,17H,1-4H3. The van der Waals surface area contributed by atoms with Crippen LogP contribution in [0.5, 0.6) is 11.5 Å². The number of ether oxygens (including phenoxy) is 2. The predicted octanol–water partition coefficient (Wildman–Crippen LogP) is 4.15. The van der Waals surface area contributed by atoms with Gasteiger partial charge in [0.1, 0.15) is 11.5 Å². The molecule has 0 aliphatic heterocycles. The third-order valence-electron chi connectivity index (χ3n) is 3.15. The second kappa shape index (κ2) is 6.61. The molecule has 0 saturated carbocycles. The molecule has 0 bridgehead atoms. The monoisotopic (exact) mass is 355 g/mol. The molecule has 1 heterocycles. The predicted molar refractivity (Wildman–Crippen MR) is 87.2 cm³/mol. The maximum absolute atomic E-state index is 5.52. The Morgan fingerprint density at radius 2 is 1.85 bits per heavy atom. The zero-order chi connectivity index (χ0) is 14.7. The lowest BCUT2D eigenvalue weighted by molar-refractivity contribution is 0.393. The third-order valence-corrected chi connectivity index (χ3v) is 4.83. The van der Waals surface area contributed by atoms with Gasteiger partial charge in [0.15, 0.2) is 0 Å². The zero-order valence-corrected chi connectivity index (χ0v) is 14.4. The van der Waals surface area contributed by atoms with Crippen LogP contribution < -0.4 is 14.8 Å². The second-order valence-electron chi connectivity index (χ2n) is 4.40. The maximum atomic E-state index is 5.52. The van der Waals surface area contributed by atoms with E-state index in [0.29, 0.717) is 0 Å². The van der Waals surface area contributed by atoms with E-state index in [-0.39, 0.29) is 6.04 Å². The molecule has 1 N–H and O–H groups in total. The van der Waals surface area contributed by atoms with Crippen molar-refractivity contribution < 1.29 is 9.47 Å². The van der Waals surface area contributed by atoms with Crippen LogP contribution in [0.1, 0.15) is 21.4 Å². The molecule has 5 heteroatoms. The highest BCUT2D eigenvalue weighted by atomic mass is 79.9. The van der Waals surface area contributed by atoms with E-state index in [0.717, 1.165) is 21.5 Å². The van der Waals surface area contributed by atoms with Crippen molar-refractivity contribution in [2.45, 2.75) is 13.0 Å². The van der Waals surface area contributed by atoms with Crippen molar-refractivity contribution >= 4 is 27.3 Å². The Labute approximate surface area is 132 Å². The molecule has 3 nitrogen and oxygen atoms in total. The normalized spacial score (nSPS) is 12.2. The fourth-order valence-corrected chi connectivity index (χ4v) is 3.66. The average molecular weight is 356 g/mol. The summed E-state index contributed by atoms with van der Waals surface area (Å²) in [7, 11) is 5.30. The van der Waals surface area contributed by atoms with Gasteiger partial charge in [-0.25, -0.2) is 0 Å². The van der Waals surface area contributed by atoms with Gasteiger partial charge in [0.25, 0.3) is 0 Å². The fraction of sp³-hybridized carbons (Fsp3) is 0.333. The lowest BCUT2D eigenvalue weighted by Gasteiger charge is -2.20. The minimum absolute atomic E-state index is 0.0886. The molecule has 0 fully saturated rings. The van der Waals surface area contributed by atoms with Gasteiger partial charge in [-0.1, -0.05) is 0 Å². The Balaban J connectivity index is 2.53. The average Bonchev–Trinajstić information content (AvgIpc) is 2.87. The van der Waals surface area contributed by atoms with Crippen molar-refractivity contribution in [3.8, 4) is 11.5 Å². The van der Waals surface area contributed by atoms with Crippen LogP contribution >= 0.6 is 27.3 Å². The van der Waals surface area contributed by atoms with E-state index in [9.17, 15) is 0 Å². The van der Waals surface area contributed by atoms with Crippen LogP contribution in [0.3, 0.4) is 0 Å². The van der Waals surface area contributed by atoms with Gasteiger partial charge in [-0.05, 0) is 54.2 Å². The van der Waals surface area contributed by atoms with Gasteiger partial charge >= 0.3 is 0 Å². The van der Waals surface area contributed by atoms with Crippen LogP contribution in [0.15, 0.2) is 28.7 Å². The summed E-state index contributed by atoms with van der Waals surface area (Å²) in [6.45, 7) is 2.11. The Morgan fingerprint density at radius 1 is 1.15 bits per heavy atom. The van der Waals surface area contributed by atoms with Crippen molar-refractivity contribution in [1.29, 1.82) is 0 Å². The van der Waals surface area contributed by atoms with Crippen molar-refractivity contribution in [2.24, 2.45) is 0 Å². The molecule has 0 radical (unpaired) electrons. The van der Waals surface area contributed by atoms with E-state index in [1.807, 2.05) is 19.2 Å². The van der Waals surface area contributed by atoms with Gasteiger partial charge in [0, 0.05) is 15.3 Å². The van der Waals surface area contributed by atoms with E-state index in [2.05, 4.69) is 40.3 Å². The highest BCUT2D eigenvalue weighted by Gasteiger charge is 2.20. The van der Waals surface area contributed by atoms with Gasteiger partial charge in [-0.3, -0.25) is 0 Å². The summed E-state index contributed by atoms with van der Waals surface area (Å²) >= 11 is 5.27. The van der Waals surface area contributed by atoms with Crippen LogP contribution in [0.25, 0.3) is 0 Å². The highest BCUT2D eigenvalue weighted by Crippen LogP contribution is 2.39. The van der Waals surface area contributed by atoms with E-state index >= 15 is 0 Å². The number of methoxy groups -OCH3 is 2. The van der Waals surface area contributed by atoms with Gasteiger partial charge < -0.3 is 14.8 Å². The minimum Gasteiger partial charge on any atom is -0.496 e. The molecular weight excluding hydrogens is 338 g/mol. The summed E-state index contributed by atoms with van der Waals surface area (Å²) in [6.07, 6.45) is 0. The molecule has 1 atom stereocenters. The van der Waals surface area contributed by atoms with E-state index in [1.165, 1.54) is 9.75 Å². The molecule has 0 spiro atoms. The molecular formula is C15H18BrNO2S. The maximum Gasteiger partial charge on any atom is 0.133 e. The Kier molecular flexibility index (Phi) is 5.07. The first-order valence-corrected chi connectivity index (χ1v) is 7.86. The molecule has 1 unspecified atom stereocenters. The van der Waals surface area contributed by atoms with Crippen LogP contribution in [-0.2, 0) is 0 Å². The first-order valence-electron chi connectivity index (χ1n) is 6.25. The smallest absolute Gasteiger partial charge is 0.133 e. The van der Waals surface area contributed by atoms with Crippen LogP contribution in [-0.4, -0.2) is 21.3 Å². The topological polar surface area (TPSA) is 30.5 Å². The zero-order valence-electron chi connectivity index (χ0n) is 12.0. The summed E-state index contributed by atoms with van der Waals surface area (Å²) in [5.74, 6) is 1.64. The summed E-state index contributed by atoms with van der Waals surface area (Å²) < 4.78 is 11.8. The molecule has 2 rings (SSSR count). The number of aryl methyl sites for hydroxylation is 1. The molecule has 2 aromatic rings. The molecule has 20 heavy (non-hydrogen) atoms. The van der Waals surface area contributed by atoms with Crippen molar-refractivity contribution in [3.05, 3.63) is 44.1 Å². The van der Waals surface area contributed by atoms with E-state index in [4.69, 9.17) is 9.47 Å². The Bertz CT molecular complexity index is 598. The van der Waals surface area contributed by atoms with Crippen LogP contribution in [0.2, 0.25) is 0 Å². The van der Waals surface area contributed by atoms with Gasteiger partial charge in [-0.2, -0.15) is 0 Å². The SMILES string of the molecule is CNC(c1ccc(C)s1)c1cc(OC)c(Br)cc1OC. The number of hydrogen-bond donors (Lipinski definition) is 1. The lowest BCUT2D eigenvalue weighted by Crippen LogP contribution is -2.17. The number of hydrogen-bond acceptors (Lipinski definition) is 4. The van der Waals surface area contributed by atoms with Gasteiger partial charge in [0.2, 0.25) is 0 Å². The van der Waals surface area contributed by atoms with Crippen molar-refractivity contribution in [1.82, 2.24) is 5.32 Å². The number of nitrogens with one attached hydrogen (secondary N) is 1. The van der Waals surface area contributed by atoms with E-state index < -0.39 is 0 Å². The summed E-state index contributed by atoms with van der Waals surface area (Å²) in [5.41, 5.74) is 1.07. The van der Waals surface area contributed by atoms with Crippen LogP contribution in [0, 0.1) is 6.92 Å². The summed E-state index contributed by atoms with van der Waals surface area (Å²) in [6, 6.07) is 8.32. The molecule has 0 aliphatic rings. The third kappa shape index (κ3) is 3.00. The lowest BCUT2D eigenvalue weighted by atomic mass is 10.0. The Morgan fingerprint density at radius 3 is 2.35 bits per heavy atom. The highest BCUT2D eigenvalue weighted by molar-refractivity contribution is 9.10. The van der Waals surface area contributed by atoms with Crippen molar-refractivity contribution in [2.75, 3.05) is 21.3 Å². The largest absolute Gasteiger partial charge is 0.496 e. The molecule has 0 saturated heterocycles. The number of halogens is 1. The Hall–Kier alpha value is -1.04. The fourth-order valence-electron chi connectivity index (χ4n) is 2.17. The molecule has 1 aromatic carbocycles. The number of rotatable bonds is 5. The number of thiophene rings is 1. The summed E-state index contributed by atoms with van der Waals surface area (Å²) in [5, 5.41) is 3.35. The van der Waals surface area contributed by atoms with Gasteiger partial charge in [-0.15, -0.1) is 11.3 Å². The molecule has 108 valence electrons. The van der Waals surface area contributed by atoms with Crippen LogP contribution in [0.4, 0.5) is 0 Å². The summed E-state index contributed by atoms with van der Waals surface area (Å²) in [4.78, 5) is 2.55. The quantitative estimate of drug-likeness (QED) is 0.873. The second-order valence-corrected chi connectivity index (χ2v) is 6.57. The minimum atomic E-state index is 0.0886. The number of benzene rings is 1. The molecule has 1 aromatic heterocycles. The van der Waals surface area contributed by atoms with E-state index in [1.54, 1.807) is 25.6 Å². The first kappa shape index (κ1) is 15.4. The van der Waals surface area contributed by atoms with Gasteiger partial charge in [0.05, 0.1) is 24.7 Å². The molecule has 0 aliphatic carbocycles. The van der Waals surface area contributed by atoms with Crippen molar-refractivity contribution in [3.63, 3.8) is 0 Å².